The highest BCUT2D eigenvalue weighted by molar-refractivity contribution is 7.89. The predicted octanol–water partition coefficient (Wildman–Crippen LogP) is 1.31. The van der Waals surface area contributed by atoms with Gasteiger partial charge < -0.3 is 10.5 Å². The first-order valence-electron chi connectivity index (χ1n) is 5.42. The van der Waals surface area contributed by atoms with E-state index in [0.717, 1.165) is 0 Å². The molecule has 0 fully saturated rings. The molecule has 6 heteroatoms. The zero-order valence-corrected chi connectivity index (χ0v) is 11.1. The number of nitrogens with two attached hydrogens (primary N) is 1. The Bertz CT molecular complexity index is 485. The van der Waals surface area contributed by atoms with Gasteiger partial charge in [-0.15, -0.1) is 0 Å². The lowest BCUT2D eigenvalue weighted by atomic mass is 10.3. The normalized spacial score (nSPS) is 11.8. The summed E-state index contributed by atoms with van der Waals surface area (Å²) in [5, 5.41) is 0. The molecule has 0 atom stereocenters. The van der Waals surface area contributed by atoms with Gasteiger partial charge >= 0.3 is 0 Å². The van der Waals surface area contributed by atoms with Crippen LogP contribution >= 0.6 is 0 Å². The van der Waals surface area contributed by atoms with Crippen molar-refractivity contribution < 1.29 is 13.2 Å². The molecular weight excluding hydrogens is 240 g/mol. The first-order valence-corrected chi connectivity index (χ1v) is 6.86. The van der Waals surface area contributed by atoms with Crippen LogP contribution in [0.15, 0.2) is 23.1 Å². The molecule has 0 radical (unpaired) electrons. The first-order chi connectivity index (χ1) is 7.93. The molecule has 17 heavy (non-hydrogen) atoms. The van der Waals surface area contributed by atoms with Crippen LogP contribution in [0.5, 0.6) is 5.75 Å². The molecule has 1 aromatic rings. The van der Waals surface area contributed by atoms with Crippen LogP contribution in [0.3, 0.4) is 0 Å². The third-order valence-electron chi connectivity index (χ3n) is 2.40. The summed E-state index contributed by atoms with van der Waals surface area (Å²) in [6.45, 7) is 4.37. The van der Waals surface area contributed by atoms with Crippen molar-refractivity contribution in [3.63, 3.8) is 0 Å². The van der Waals surface area contributed by atoms with Crippen LogP contribution in [0.2, 0.25) is 0 Å². The lowest BCUT2D eigenvalue weighted by molar-refractivity contribution is 0.330. The number of rotatable bonds is 5. The van der Waals surface area contributed by atoms with Crippen LogP contribution in [0.4, 0.5) is 5.69 Å². The van der Waals surface area contributed by atoms with E-state index in [-0.39, 0.29) is 4.90 Å². The minimum absolute atomic E-state index is 0.115. The van der Waals surface area contributed by atoms with Gasteiger partial charge in [0.1, 0.15) is 10.6 Å². The monoisotopic (exact) mass is 258 g/mol. The minimum atomic E-state index is -3.54. The second kappa shape index (κ2) is 5.37. The SMILES string of the molecule is CCOc1ccc(N)cc1S(=O)(=O)N(C)CC. The maximum atomic E-state index is 12.2. The van der Waals surface area contributed by atoms with Crippen LogP contribution in [0.25, 0.3) is 0 Å². The zero-order valence-electron chi connectivity index (χ0n) is 10.3. The van der Waals surface area contributed by atoms with E-state index in [4.69, 9.17) is 10.5 Å². The van der Waals surface area contributed by atoms with Gasteiger partial charge in [0, 0.05) is 19.3 Å². The fourth-order valence-electron chi connectivity index (χ4n) is 1.34. The van der Waals surface area contributed by atoms with Crippen molar-refractivity contribution in [2.24, 2.45) is 0 Å². The second-order valence-electron chi connectivity index (χ2n) is 3.56. The Hall–Kier alpha value is -1.27. The second-order valence-corrected chi connectivity index (χ2v) is 5.57. The molecule has 0 aliphatic carbocycles. The highest BCUT2D eigenvalue weighted by Gasteiger charge is 2.23. The lowest BCUT2D eigenvalue weighted by Crippen LogP contribution is -2.27. The molecule has 0 unspecified atom stereocenters. The van der Waals surface area contributed by atoms with Gasteiger partial charge in [-0.2, -0.15) is 0 Å². The Kier molecular flexibility index (Phi) is 4.36. The summed E-state index contributed by atoms with van der Waals surface area (Å²) in [6.07, 6.45) is 0. The predicted molar refractivity (Wildman–Crippen MR) is 67.5 cm³/mol. The molecule has 0 aliphatic heterocycles. The van der Waals surface area contributed by atoms with Crippen LogP contribution < -0.4 is 10.5 Å². The molecule has 1 aromatic carbocycles. The quantitative estimate of drug-likeness (QED) is 0.808. The van der Waals surface area contributed by atoms with Crippen LogP contribution in [-0.2, 0) is 10.0 Å². The van der Waals surface area contributed by atoms with Crippen molar-refractivity contribution in [2.45, 2.75) is 18.7 Å². The number of hydrogen-bond donors (Lipinski definition) is 1. The van der Waals surface area contributed by atoms with Gasteiger partial charge in [-0.05, 0) is 25.1 Å². The summed E-state index contributed by atoms with van der Waals surface area (Å²) in [7, 11) is -2.01. The molecule has 0 amide bonds. The molecular formula is C11H18N2O3S. The van der Waals surface area contributed by atoms with E-state index in [1.165, 1.54) is 17.4 Å². The Balaban J connectivity index is 3.33. The summed E-state index contributed by atoms with van der Waals surface area (Å²) in [5.41, 5.74) is 6.02. The molecule has 0 saturated carbocycles. The largest absolute Gasteiger partial charge is 0.492 e. The van der Waals surface area contributed by atoms with Crippen LogP contribution in [0.1, 0.15) is 13.8 Å². The number of ether oxygens (including phenoxy) is 1. The Morgan fingerprint density at radius 2 is 2.00 bits per heavy atom. The van der Waals surface area contributed by atoms with Crippen LogP contribution in [0, 0.1) is 0 Å². The van der Waals surface area contributed by atoms with Gasteiger partial charge in [-0.1, -0.05) is 6.92 Å². The van der Waals surface area contributed by atoms with Gasteiger partial charge in [0.15, 0.2) is 0 Å². The number of nitrogen functional groups attached to an aromatic ring is 1. The molecule has 0 bridgehead atoms. The Morgan fingerprint density at radius 1 is 1.35 bits per heavy atom. The summed E-state index contributed by atoms with van der Waals surface area (Å²) in [4.78, 5) is 0.115. The van der Waals surface area contributed by atoms with Crippen molar-refractivity contribution in [2.75, 3.05) is 25.9 Å². The van der Waals surface area contributed by atoms with Crippen molar-refractivity contribution in [3.05, 3.63) is 18.2 Å². The van der Waals surface area contributed by atoms with Crippen LogP contribution in [-0.4, -0.2) is 32.9 Å². The van der Waals surface area contributed by atoms with E-state index in [1.807, 2.05) is 0 Å². The average Bonchev–Trinajstić information content (AvgIpc) is 2.30. The van der Waals surface area contributed by atoms with Gasteiger partial charge in [0.05, 0.1) is 6.61 Å². The number of benzene rings is 1. The van der Waals surface area contributed by atoms with E-state index in [2.05, 4.69) is 0 Å². The third kappa shape index (κ3) is 2.89. The minimum Gasteiger partial charge on any atom is -0.492 e. The highest BCUT2D eigenvalue weighted by Crippen LogP contribution is 2.28. The van der Waals surface area contributed by atoms with E-state index in [1.54, 1.807) is 26.0 Å². The van der Waals surface area contributed by atoms with Crippen molar-refractivity contribution in [1.29, 1.82) is 0 Å². The van der Waals surface area contributed by atoms with E-state index in [0.29, 0.717) is 24.6 Å². The summed E-state index contributed by atoms with van der Waals surface area (Å²) in [6, 6.07) is 4.62. The maximum Gasteiger partial charge on any atom is 0.246 e. The first kappa shape index (κ1) is 13.8. The van der Waals surface area contributed by atoms with Crippen molar-refractivity contribution >= 4 is 15.7 Å². The van der Waals surface area contributed by atoms with Gasteiger partial charge in [-0.25, -0.2) is 12.7 Å². The molecule has 0 spiro atoms. The Morgan fingerprint density at radius 3 is 2.53 bits per heavy atom. The molecule has 96 valence electrons. The third-order valence-corrected chi connectivity index (χ3v) is 4.35. The van der Waals surface area contributed by atoms with Gasteiger partial charge in [-0.3, -0.25) is 0 Å². The summed E-state index contributed by atoms with van der Waals surface area (Å²) in [5.74, 6) is 0.335. The summed E-state index contributed by atoms with van der Waals surface area (Å²) >= 11 is 0. The molecule has 0 aliphatic rings. The molecule has 1 rings (SSSR count). The topological polar surface area (TPSA) is 72.6 Å². The molecule has 2 N–H and O–H groups in total. The molecule has 0 heterocycles. The van der Waals surface area contributed by atoms with Crippen molar-refractivity contribution in [3.8, 4) is 5.75 Å². The number of anilines is 1. The fraction of sp³-hybridized carbons (Fsp3) is 0.455. The standard InChI is InChI=1S/C11H18N2O3S/c1-4-13(3)17(14,15)11-8-9(12)6-7-10(11)16-5-2/h6-8H,4-5,12H2,1-3H3. The maximum absolute atomic E-state index is 12.2. The lowest BCUT2D eigenvalue weighted by Gasteiger charge is -2.17. The fourth-order valence-corrected chi connectivity index (χ4v) is 2.68. The van der Waals surface area contributed by atoms with E-state index in [9.17, 15) is 8.42 Å². The average molecular weight is 258 g/mol. The van der Waals surface area contributed by atoms with E-state index >= 15 is 0 Å². The van der Waals surface area contributed by atoms with Crippen molar-refractivity contribution in [1.82, 2.24) is 4.31 Å². The van der Waals surface area contributed by atoms with E-state index < -0.39 is 10.0 Å². The summed E-state index contributed by atoms with van der Waals surface area (Å²) < 4.78 is 31.0. The smallest absolute Gasteiger partial charge is 0.246 e. The van der Waals surface area contributed by atoms with Gasteiger partial charge in [0.2, 0.25) is 10.0 Å². The molecule has 5 nitrogen and oxygen atoms in total. The number of nitrogens with zero attached hydrogens (tertiary/aromatic N) is 1. The zero-order chi connectivity index (χ0) is 13.1. The highest BCUT2D eigenvalue weighted by atomic mass is 32.2. The molecule has 0 aromatic heterocycles. The molecule has 0 saturated heterocycles. The number of hydrogen-bond acceptors (Lipinski definition) is 4. The Labute approximate surface area is 102 Å². The number of sulfonamides is 1. The van der Waals surface area contributed by atoms with Gasteiger partial charge in [0.25, 0.3) is 0 Å².